The molecule has 0 fully saturated rings. The van der Waals surface area contributed by atoms with Crippen molar-refractivity contribution in [3.8, 4) is 0 Å². The van der Waals surface area contributed by atoms with Crippen LogP contribution < -0.4 is 0 Å². The summed E-state index contributed by atoms with van der Waals surface area (Å²) >= 11 is 8.66. The summed E-state index contributed by atoms with van der Waals surface area (Å²) in [5, 5.41) is 0. The van der Waals surface area contributed by atoms with Crippen LogP contribution in [0.15, 0.2) is 28.7 Å². The fourth-order valence-corrected chi connectivity index (χ4v) is 1.35. The van der Waals surface area contributed by atoms with E-state index in [4.69, 9.17) is 12.2 Å². The van der Waals surface area contributed by atoms with E-state index < -0.39 is 0 Å². The van der Waals surface area contributed by atoms with Gasteiger partial charge in [-0.15, -0.1) is 0 Å². The highest BCUT2D eigenvalue weighted by Gasteiger charge is 2.04. The van der Waals surface area contributed by atoms with Crippen molar-refractivity contribution in [3.05, 3.63) is 34.3 Å². The zero-order valence-corrected chi connectivity index (χ0v) is 9.58. The minimum Gasteiger partial charge on any atom is -0.0840 e. The van der Waals surface area contributed by atoms with Gasteiger partial charge in [-0.25, -0.2) is 0 Å². The van der Waals surface area contributed by atoms with E-state index in [1.807, 2.05) is 24.3 Å². The van der Waals surface area contributed by atoms with Crippen LogP contribution in [0.4, 0.5) is 0 Å². The van der Waals surface area contributed by atoms with E-state index in [1.165, 1.54) is 0 Å². The summed E-state index contributed by atoms with van der Waals surface area (Å²) in [6.45, 7) is 4.23. The van der Waals surface area contributed by atoms with Crippen LogP contribution in [0.1, 0.15) is 19.4 Å². The van der Waals surface area contributed by atoms with Gasteiger partial charge >= 0.3 is 0 Å². The topological polar surface area (TPSA) is 0 Å². The average Bonchev–Trinajstić information content (AvgIpc) is 2.04. The van der Waals surface area contributed by atoms with E-state index in [2.05, 4.69) is 29.8 Å². The van der Waals surface area contributed by atoms with Crippen molar-refractivity contribution in [2.45, 2.75) is 13.8 Å². The van der Waals surface area contributed by atoms with Gasteiger partial charge in [-0.3, -0.25) is 0 Å². The highest BCUT2D eigenvalue weighted by Crippen LogP contribution is 2.14. The molecule has 1 aromatic carbocycles. The highest BCUT2D eigenvalue weighted by atomic mass is 79.9. The molecule has 0 saturated carbocycles. The van der Waals surface area contributed by atoms with Crippen molar-refractivity contribution in [2.75, 3.05) is 0 Å². The molecule has 0 bridgehead atoms. The lowest BCUT2D eigenvalue weighted by atomic mass is 10.0. The van der Waals surface area contributed by atoms with E-state index in [-0.39, 0.29) is 0 Å². The Morgan fingerprint density at radius 1 is 1.25 bits per heavy atom. The van der Waals surface area contributed by atoms with Crippen LogP contribution in [0.25, 0.3) is 0 Å². The van der Waals surface area contributed by atoms with Gasteiger partial charge in [0.1, 0.15) is 0 Å². The molecule has 0 radical (unpaired) electrons. The standard InChI is InChI=1S/C10H11BrS/c1-7(2)10(12)8-3-5-9(11)6-4-8/h3-7H,1-2H3. The third kappa shape index (κ3) is 2.39. The van der Waals surface area contributed by atoms with Crippen LogP contribution in [0.2, 0.25) is 0 Å². The van der Waals surface area contributed by atoms with Gasteiger partial charge in [0.05, 0.1) is 0 Å². The largest absolute Gasteiger partial charge is 0.0840 e. The third-order valence-corrected chi connectivity index (χ3v) is 2.89. The first-order chi connectivity index (χ1) is 5.61. The molecule has 0 aliphatic rings. The minimum atomic E-state index is 0.446. The number of hydrogen-bond donors (Lipinski definition) is 0. The van der Waals surface area contributed by atoms with Crippen molar-refractivity contribution >= 4 is 33.0 Å². The Morgan fingerprint density at radius 3 is 2.17 bits per heavy atom. The second kappa shape index (κ2) is 4.15. The number of benzene rings is 1. The van der Waals surface area contributed by atoms with Gasteiger partial charge in [-0.1, -0.05) is 54.1 Å². The quantitative estimate of drug-likeness (QED) is 0.562. The molecule has 0 saturated heterocycles. The molecule has 64 valence electrons. The van der Waals surface area contributed by atoms with Crippen molar-refractivity contribution in [1.29, 1.82) is 0 Å². The predicted molar refractivity (Wildman–Crippen MR) is 60.7 cm³/mol. The van der Waals surface area contributed by atoms with E-state index in [9.17, 15) is 0 Å². The molecule has 0 aliphatic carbocycles. The maximum absolute atomic E-state index is 5.27. The van der Waals surface area contributed by atoms with E-state index in [0.717, 1.165) is 14.9 Å². The molecular formula is C10H11BrS. The Hall–Kier alpha value is -0.210. The molecule has 1 rings (SSSR count). The van der Waals surface area contributed by atoms with Crippen LogP contribution in [0.3, 0.4) is 0 Å². The molecule has 0 unspecified atom stereocenters. The number of halogens is 1. The zero-order valence-electron chi connectivity index (χ0n) is 7.17. The van der Waals surface area contributed by atoms with Crippen LogP contribution in [-0.2, 0) is 0 Å². The van der Waals surface area contributed by atoms with E-state index in [0.29, 0.717) is 5.92 Å². The number of hydrogen-bond acceptors (Lipinski definition) is 1. The van der Waals surface area contributed by atoms with Gasteiger partial charge in [0.15, 0.2) is 0 Å². The molecule has 0 aliphatic heterocycles. The summed E-state index contributed by atoms with van der Waals surface area (Å²) < 4.78 is 1.10. The maximum Gasteiger partial charge on any atom is 0.0249 e. The summed E-state index contributed by atoms with van der Waals surface area (Å²) in [7, 11) is 0. The molecule has 0 spiro atoms. The SMILES string of the molecule is CC(C)C(=S)c1ccc(Br)cc1. The smallest absolute Gasteiger partial charge is 0.0249 e. The first-order valence-corrected chi connectivity index (χ1v) is 5.11. The van der Waals surface area contributed by atoms with Gasteiger partial charge in [0.2, 0.25) is 0 Å². The average molecular weight is 243 g/mol. The van der Waals surface area contributed by atoms with Crippen LogP contribution in [0.5, 0.6) is 0 Å². The second-order valence-corrected chi connectivity index (χ2v) is 4.38. The van der Waals surface area contributed by atoms with Gasteiger partial charge in [-0.2, -0.15) is 0 Å². The predicted octanol–water partition coefficient (Wildman–Crippen LogP) is 3.82. The zero-order chi connectivity index (χ0) is 9.14. The molecule has 0 nitrogen and oxygen atoms in total. The molecule has 2 heteroatoms. The van der Waals surface area contributed by atoms with Gasteiger partial charge < -0.3 is 0 Å². The van der Waals surface area contributed by atoms with E-state index >= 15 is 0 Å². The highest BCUT2D eigenvalue weighted by molar-refractivity contribution is 9.10. The van der Waals surface area contributed by atoms with Crippen molar-refractivity contribution in [3.63, 3.8) is 0 Å². The molecule has 0 aromatic heterocycles. The van der Waals surface area contributed by atoms with Gasteiger partial charge in [0, 0.05) is 9.34 Å². The van der Waals surface area contributed by atoms with Crippen molar-refractivity contribution < 1.29 is 0 Å². The summed E-state index contributed by atoms with van der Waals surface area (Å²) in [4.78, 5) is 1.03. The molecule has 0 atom stereocenters. The molecule has 12 heavy (non-hydrogen) atoms. The van der Waals surface area contributed by atoms with Gasteiger partial charge in [-0.05, 0) is 23.6 Å². The lowest BCUT2D eigenvalue weighted by Gasteiger charge is -2.06. The number of rotatable bonds is 2. The lowest BCUT2D eigenvalue weighted by Crippen LogP contribution is -2.05. The normalized spacial score (nSPS) is 10.3. The molecule has 0 amide bonds. The summed E-state index contributed by atoms with van der Waals surface area (Å²) in [5.41, 5.74) is 1.16. The first kappa shape index (κ1) is 9.87. The summed E-state index contributed by atoms with van der Waals surface area (Å²) in [5.74, 6) is 0.446. The van der Waals surface area contributed by atoms with Crippen LogP contribution >= 0.6 is 28.1 Å². The molecule has 0 heterocycles. The van der Waals surface area contributed by atoms with Crippen LogP contribution in [0, 0.1) is 5.92 Å². The number of thiocarbonyl (C=S) groups is 1. The van der Waals surface area contributed by atoms with Crippen molar-refractivity contribution in [1.82, 2.24) is 0 Å². The fourth-order valence-electron chi connectivity index (χ4n) is 0.947. The lowest BCUT2D eigenvalue weighted by molar-refractivity contribution is 0.902. The van der Waals surface area contributed by atoms with Gasteiger partial charge in [0.25, 0.3) is 0 Å². The Kier molecular flexibility index (Phi) is 3.41. The Bertz CT molecular complexity index is 274. The molecule has 1 aromatic rings. The van der Waals surface area contributed by atoms with Crippen molar-refractivity contribution in [2.24, 2.45) is 5.92 Å². The Balaban J connectivity index is 2.90. The van der Waals surface area contributed by atoms with E-state index in [1.54, 1.807) is 0 Å². The fraction of sp³-hybridized carbons (Fsp3) is 0.300. The molecule has 0 N–H and O–H groups in total. The Morgan fingerprint density at radius 2 is 1.75 bits per heavy atom. The second-order valence-electron chi connectivity index (χ2n) is 3.03. The minimum absolute atomic E-state index is 0.446. The molecular weight excluding hydrogens is 232 g/mol. The third-order valence-electron chi connectivity index (χ3n) is 1.65. The summed E-state index contributed by atoms with van der Waals surface area (Å²) in [6.07, 6.45) is 0. The monoisotopic (exact) mass is 242 g/mol. The maximum atomic E-state index is 5.27. The Labute approximate surface area is 87.1 Å². The summed E-state index contributed by atoms with van der Waals surface area (Å²) in [6, 6.07) is 8.13. The van der Waals surface area contributed by atoms with Crippen LogP contribution in [-0.4, -0.2) is 4.86 Å². The first-order valence-electron chi connectivity index (χ1n) is 3.91.